The van der Waals surface area contributed by atoms with E-state index in [1.54, 1.807) is 7.11 Å². The van der Waals surface area contributed by atoms with Gasteiger partial charge in [-0.25, -0.2) is 4.68 Å². The molecule has 0 unspecified atom stereocenters. The molecular weight excluding hydrogens is 322 g/mol. The fourth-order valence-corrected chi connectivity index (χ4v) is 2.43. The fraction of sp³-hybridized carbons (Fsp3) is 0.231. The van der Waals surface area contributed by atoms with Gasteiger partial charge in [-0.05, 0) is 17.7 Å². The van der Waals surface area contributed by atoms with E-state index in [0.29, 0.717) is 19.0 Å². The number of aromatic nitrogens is 4. The molecular formula is C13H14BrN5O. The maximum atomic E-state index is 5.90. The second kappa shape index (κ2) is 5.26. The molecule has 20 heavy (non-hydrogen) atoms. The van der Waals surface area contributed by atoms with Crippen LogP contribution in [0.25, 0.3) is 11.0 Å². The summed E-state index contributed by atoms with van der Waals surface area (Å²) in [6.07, 6.45) is 0. The number of H-pyrrole nitrogens is 1. The Morgan fingerprint density at radius 2 is 2.10 bits per heavy atom. The molecule has 0 amide bonds. The topological polar surface area (TPSA) is 81.8 Å². The highest BCUT2D eigenvalue weighted by atomic mass is 79.9. The number of methoxy groups -OCH3 is 1. The molecule has 0 atom stereocenters. The largest absolute Gasteiger partial charge is 0.383 e. The number of anilines is 1. The van der Waals surface area contributed by atoms with Crippen molar-refractivity contribution in [3.05, 3.63) is 40.0 Å². The third kappa shape index (κ3) is 2.30. The maximum Gasteiger partial charge on any atom is 0.182 e. The number of nitrogens with two attached hydrogens (primary N) is 1. The zero-order chi connectivity index (χ0) is 14.1. The van der Waals surface area contributed by atoms with Crippen LogP contribution in [0.5, 0.6) is 0 Å². The summed E-state index contributed by atoms with van der Waals surface area (Å²) in [5.41, 5.74) is 8.59. The minimum Gasteiger partial charge on any atom is -0.383 e. The minimum atomic E-state index is 0.410. The van der Waals surface area contributed by atoms with Gasteiger partial charge < -0.3 is 10.5 Å². The maximum absolute atomic E-state index is 5.90. The molecule has 2 aromatic heterocycles. The Hall–Kier alpha value is -1.86. The molecule has 0 saturated carbocycles. The standard InChI is InChI=1S/C13H14BrN5O/c1-20-7-10-11-12(15)16-17-13(11)19(18-10)6-8-2-4-9(14)5-3-8/h2-5H,6-7H2,1H3,(H3,15,16,17). The van der Waals surface area contributed by atoms with Gasteiger partial charge in [-0.1, -0.05) is 28.1 Å². The summed E-state index contributed by atoms with van der Waals surface area (Å²) in [6.45, 7) is 1.05. The molecule has 7 heteroatoms. The number of nitrogen functional groups attached to an aromatic ring is 1. The highest BCUT2D eigenvalue weighted by Crippen LogP contribution is 2.23. The molecule has 0 bridgehead atoms. The molecule has 6 nitrogen and oxygen atoms in total. The van der Waals surface area contributed by atoms with Crippen molar-refractivity contribution in [3.63, 3.8) is 0 Å². The Morgan fingerprint density at radius 1 is 1.35 bits per heavy atom. The zero-order valence-corrected chi connectivity index (χ0v) is 12.5. The van der Waals surface area contributed by atoms with Gasteiger partial charge in [0.15, 0.2) is 5.65 Å². The van der Waals surface area contributed by atoms with Crippen molar-refractivity contribution < 1.29 is 4.74 Å². The number of ether oxygens (including phenoxy) is 1. The van der Waals surface area contributed by atoms with Crippen molar-refractivity contribution in [2.45, 2.75) is 13.2 Å². The first-order valence-electron chi connectivity index (χ1n) is 6.11. The van der Waals surface area contributed by atoms with Gasteiger partial charge in [0, 0.05) is 11.6 Å². The van der Waals surface area contributed by atoms with Gasteiger partial charge in [0.05, 0.1) is 18.5 Å². The average Bonchev–Trinajstić information content (AvgIpc) is 2.96. The molecule has 104 valence electrons. The van der Waals surface area contributed by atoms with Crippen LogP contribution in [0, 0.1) is 0 Å². The summed E-state index contributed by atoms with van der Waals surface area (Å²) >= 11 is 3.43. The highest BCUT2D eigenvalue weighted by molar-refractivity contribution is 9.10. The van der Waals surface area contributed by atoms with Crippen LogP contribution in [0.3, 0.4) is 0 Å². The Labute approximate surface area is 124 Å². The molecule has 3 rings (SSSR count). The van der Waals surface area contributed by atoms with Crippen LogP contribution < -0.4 is 5.73 Å². The lowest BCUT2D eigenvalue weighted by atomic mass is 10.2. The summed E-state index contributed by atoms with van der Waals surface area (Å²) in [5, 5.41) is 12.4. The van der Waals surface area contributed by atoms with Gasteiger partial charge in [0.25, 0.3) is 0 Å². The lowest BCUT2D eigenvalue weighted by Crippen LogP contribution is -2.03. The first-order valence-corrected chi connectivity index (χ1v) is 6.91. The van der Waals surface area contributed by atoms with Crippen LogP contribution >= 0.6 is 15.9 Å². The monoisotopic (exact) mass is 335 g/mol. The van der Waals surface area contributed by atoms with Gasteiger partial charge in [-0.15, -0.1) is 0 Å². The number of benzene rings is 1. The van der Waals surface area contributed by atoms with Crippen molar-refractivity contribution in [2.75, 3.05) is 12.8 Å². The first-order chi connectivity index (χ1) is 9.69. The zero-order valence-electron chi connectivity index (χ0n) is 10.9. The number of fused-ring (bicyclic) bond motifs is 1. The van der Waals surface area contributed by atoms with Crippen molar-refractivity contribution in [3.8, 4) is 0 Å². The second-order valence-electron chi connectivity index (χ2n) is 4.50. The molecule has 3 N–H and O–H groups in total. The summed E-state index contributed by atoms with van der Waals surface area (Å²) < 4.78 is 8.05. The SMILES string of the molecule is COCc1nn(Cc2ccc(Br)cc2)c2n[nH]c(N)c12. The molecule has 0 fully saturated rings. The number of halogens is 1. The number of nitrogens with zero attached hydrogens (tertiary/aromatic N) is 3. The smallest absolute Gasteiger partial charge is 0.182 e. The van der Waals surface area contributed by atoms with E-state index in [2.05, 4.69) is 31.2 Å². The van der Waals surface area contributed by atoms with E-state index < -0.39 is 0 Å². The Bertz CT molecular complexity index is 731. The van der Waals surface area contributed by atoms with Crippen LogP contribution in [0.1, 0.15) is 11.3 Å². The van der Waals surface area contributed by atoms with Crippen LogP contribution in [0.2, 0.25) is 0 Å². The molecule has 2 heterocycles. The molecule has 0 aliphatic heterocycles. The fourth-order valence-electron chi connectivity index (χ4n) is 2.17. The van der Waals surface area contributed by atoms with Gasteiger partial charge in [-0.2, -0.15) is 10.2 Å². The van der Waals surface area contributed by atoms with E-state index in [1.807, 2.05) is 28.9 Å². The second-order valence-corrected chi connectivity index (χ2v) is 5.42. The van der Waals surface area contributed by atoms with E-state index in [1.165, 1.54) is 0 Å². The Kier molecular flexibility index (Phi) is 3.45. The molecule has 0 aliphatic carbocycles. The normalized spacial score (nSPS) is 11.3. The lowest BCUT2D eigenvalue weighted by molar-refractivity contribution is 0.182. The summed E-state index contributed by atoms with van der Waals surface area (Å²) in [7, 11) is 1.63. The summed E-state index contributed by atoms with van der Waals surface area (Å²) in [6, 6.07) is 8.10. The minimum absolute atomic E-state index is 0.410. The quantitative estimate of drug-likeness (QED) is 0.766. The third-order valence-electron chi connectivity index (χ3n) is 3.08. The van der Waals surface area contributed by atoms with Crippen LogP contribution in [0.4, 0.5) is 5.82 Å². The highest BCUT2D eigenvalue weighted by Gasteiger charge is 2.16. The molecule has 0 aliphatic rings. The van der Waals surface area contributed by atoms with Crippen LogP contribution in [-0.4, -0.2) is 27.1 Å². The van der Waals surface area contributed by atoms with Crippen molar-refractivity contribution in [1.29, 1.82) is 0 Å². The van der Waals surface area contributed by atoms with Gasteiger partial charge in [-0.3, -0.25) is 5.10 Å². The van der Waals surface area contributed by atoms with E-state index in [9.17, 15) is 0 Å². The van der Waals surface area contributed by atoms with Gasteiger partial charge in [0.2, 0.25) is 0 Å². The van der Waals surface area contributed by atoms with E-state index >= 15 is 0 Å². The average molecular weight is 336 g/mol. The summed E-state index contributed by atoms with van der Waals surface area (Å²) in [5.74, 6) is 0.522. The van der Waals surface area contributed by atoms with Gasteiger partial charge >= 0.3 is 0 Å². The third-order valence-corrected chi connectivity index (χ3v) is 3.61. The Morgan fingerprint density at radius 3 is 2.80 bits per heavy atom. The van der Waals surface area contributed by atoms with E-state index in [4.69, 9.17) is 10.5 Å². The molecule has 3 aromatic rings. The predicted octanol–water partition coefficient (Wildman–Crippen LogP) is 2.30. The van der Waals surface area contributed by atoms with Gasteiger partial charge in [0.1, 0.15) is 11.5 Å². The van der Waals surface area contributed by atoms with Crippen LogP contribution in [0.15, 0.2) is 28.7 Å². The van der Waals surface area contributed by atoms with E-state index in [-0.39, 0.29) is 0 Å². The number of aromatic amines is 1. The molecule has 1 aromatic carbocycles. The molecule has 0 saturated heterocycles. The number of nitrogens with one attached hydrogen (secondary N) is 1. The number of hydrogen-bond donors (Lipinski definition) is 2. The van der Waals surface area contributed by atoms with Crippen molar-refractivity contribution in [2.24, 2.45) is 0 Å². The van der Waals surface area contributed by atoms with Crippen molar-refractivity contribution >= 4 is 32.8 Å². The first kappa shape index (κ1) is 13.1. The van der Waals surface area contributed by atoms with Crippen molar-refractivity contribution in [1.82, 2.24) is 20.0 Å². The number of hydrogen-bond acceptors (Lipinski definition) is 4. The summed E-state index contributed by atoms with van der Waals surface area (Å²) in [4.78, 5) is 0. The Balaban J connectivity index is 2.01. The molecule has 0 radical (unpaired) electrons. The lowest BCUT2D eigenvalue weighted by Gasteiger charge is -2.02. The predicted molar refractivity (Wildman–Crippen MR) is 80.2 cm³/mol. The molecule has 0 spiro atoms. The van der Waals surface area contributed by atoms with E-state index in [0.717, 1.165) is 26.8 Å². The number of rotatable bonds is 4. The van der Waals surface area contributed by atoms with Crippen LogP contribution in [-0.2, 0) is 17.9 Å².